The Morgan fingerprint density at radius 1 is 1.50 bits per heavy atom. The molecule has 0 spiro atoms. The maximum Gasteiger partial charge on any atom is 0.265 e. The molecule has 104 valence electrons. The summed E-state index contributed by atoms with van der Waals surface area (Å²) in [7, 11) is 0. The summed E-state index contributed by atoms with van der Waals surface area (Å²) in [6.45, 7) is 2.24. The average molecular weight is 307 g/mol. The minimum atomic E-state index is -0.151. The van der Waals surface area contributed by atoms with E-state index >= 15 is 0 Å². The molecule has 0 bridgehead atoms. The third-order valence-electron chi connectivity index (χ3n) is 2.47. The lowest BCUT2D eigenvalue weighted by atomic mass is 10.3. The van der Waals surface area contributed by atoms with Gasteiger partial charge in [0.15, 0.2) is 0 Å². The van der Waals surface area contributed by atoms with Crippen LogP contribution in [0.2, 0.25) is 0 Å². The molecule has 2 heterocycles. The molecule has 2 aromatic rings. The number of aliphatic hydroxyl groups excluding tert-OH is 1. The van der Waals surface area contributed by atoms with Crippen molar-refractivity contribution in [1.29, 1.82) is 0 Å². The molecule has 0 aromatic carbocycles. The van der Waals surface area contributed by atoms with Gasteiger partial charge in [-0.3, -0.25) is 4.79 Å². The standard InChI is InChI=1S/C13H13N3O2S2/c1-2-11-12(20-16-15-11)13(18)14-8-10-6-5-9(19-10)4-3-7-17/h5-6,17H,2,7-8H2,1H3,(H,14,18). The van der Waals surface area contributed by atoms with Gasteiger partial charge in [-0.25, -0.2) is 0 Å². The van der Waals surface area contributed by atoms with E-state index in [2.05, 4.69) is 26.7 Å². The van der Waals surface area contributed by atoms with Crippen LogP contribution in [0.5, 0.6) is 0 Å². The monoisotopic (exact) mass is 307 g/mol. The molecule has 7 heteroatoms. The molecule has 0 aliphatic carbocycles. The number of nitrogens with one attached hydrogen (secondary N) is 1. The lowest BCUT2D eigenvalue weighted by molar-refractivity contribution is 0.0954. The molecule has 2 N–H and O–H groups in total. The SMILES string of the molecule is CCc1nnsc1C(=O)NCc1ccc(C#CCO)s1. The maximum atomic E-state index is 12.0. The Morgan fingerprint density at radius 2 is 2.35 bits per heavy atom. The smallest absolute Gasteiger partial charge is 0.265 e. The fourth-order valence-electron chi connectivity index (χ4n) is 1.53. The number of amides is 1. The van der Waals surface area contributed by atoms with E-state index in [0.717, 1.165) is 27.0 Å². The third kappa shape index (κ3) is 3.63. The Morgan fingerprint density at radius 3 is 3.10 bits per heavy atom. The number of thiophene rings is 1. The maximum absolute atomic E-state index is 12.0. The van der Waals surface area contributed by atoms with Crippen molar-refractivity contribution in [3.05, 3.63) is 32.5 Å². The molecule has 1 amide bonds. The molecule has 0 atom stereocenters. The highest BCUT2D eigenvalue weighted by molar-refractivity contribution is 7.12. The molecular weight excluding hydrogens is 294 g/mol. The van der Waals surface area contributed by atoms with Gasteiger partial charge in [-0.1, -0.05) is 23.3 Å². The topological polar surface area (TPSA) is 75.1 Å². The van der Waals surface area contributed by atoms with Gasteiger partial charge < -0.3 is 10.4 Å². The van der Waals surface area contributed by atoms with Crippen molar-refractivity contribution in [2.45, 2.75) is 19.9 Å². The van der Waals surface area contributed by atoms with Crippen molar-refractivity contribution in [2.24, 2.45) is 0 Å². The molecule has 0 unspecified atom stereocenters. The third-order valence-corrected chi connectivity index (χ3v) is 4.24. The Labute approximate surface area is 124 Å². The van der Waals surface area contributed by atoms with Gasteiger partial charge in [0.2, 0.25) is 0 Å². The molecule has 5 nitrogen and oxygen atoms in total. The van der Waals surface area contributed by atoms with E-state index in [9.17, 15) is 4.79 Å². The number of hydrogen-bond donors (Lipinski definition) is 2. The van der Waals surface area contributed by atoms with E-state index in [4.69, 9.17) is 5.11 Å². The van der Waals surface area contributed by atoms with Gasteiger partial charge in [-0.05, 0) is 30.1 Å². The van der Waals surface area contributed by atoms with Crippen molar-refractivity contribution in [1.82, 2.24) is 14.9 Å². The Hall–Kier alpha value is -1.75. The van der Waals surface area contributed by atoms with E-state index in [-0.39, 0.29) is 12.5 Å². The van der Waals surface area contributed by atoms with Crippen LogP contribution in [0, 0.1) is 11.8 Å². The molecular formula is C13H13N3O2S2. The molecule has 0 aliphatic heterocycles. The molecule has 0 fully saturated rings. The van der Waals surface area contributed by atoms with Gasteiger partial charge in [-0.15, -0.1) is 16.4 Å². The highest BCUT2D eigenvalue weighted by atomic mass is 32.1. The van der Waals surface area contributed by atoms with Crippen LogP contribution in [-0.2, 0) is 13.0 Å². The molecule has 2 rings (SSSR count). The van der Waals surface area contributed by atoms with Crippen molar-refractivity contribution in [2.75, 3.05) is 6.61 Å². The van der Waals surface area contributed by atoms with Crippen LogP contribution in [0.1, 0.15) is 32.0 Å². The van der Waals surface area contributed by atoms with Crippen LogP contribution < -0.4 is 5.32 Å². The summed E-state index contributed by atoms with van der Waals surface area (Å²) in [5.41, 5.74) is 0.730. The van der Waals surface area contributed by atoms with E-state index in [1.165, 1.54) is 11.3 Å². The largest absolute Gasteiger partial charge is 0.384 e. The Bertz CT molecular complexity index is 652. The summed E-state index contributed by atoms with van der Waals surface area (Å²) in [5.74, 6) is 5.28. The molecule has 0 saturated heterocycles. The van der Waals surface area contributed by atoms with E-state index in [1.807, 2.05) is 19.1 Å². The van der Waals surface area contributed by atoms with Gasteiger partial charge in [0, 0.05) is 4.88 Å². The zero-order chi connectivity index (χ0) is 14.4. The molecule has 0 radical (unpaired) electrons. The lowest BCUT2D eigenvalue weighted by Crippen LogP contribution is -2.22. The number of rotatable bonds is 4. The van der Waals surface area contributed by atoms with Crippen molar-refractivity contribution in [3.63, 3.8) is 0 Å². The average Bonchev–Trinajstić information content (AvgIpc) is 3.11. The van der Waals surface area contributed by atoms with Crippen LogP contribution in [-0.4, -0.2) is 27.2 Å². The summed E-state index contributed by atoms with van der Waals surface area (Å²) < 4.78 is 3.80. The number of aryl methyl sites for hydroxylation is 1. The van der Waals surface area contributed by atoms with Crippen LogP contribution in [0.4, 0.5) is 0 Å². The van der Waals surface area contributed by atoms with E-state index in [1.54, 1.807) is 0 Å². The van der Waals surface area contributed by atoms with Crippen molar-refractivity contribution in [3.8, 4) is 11.8 Å². The molecule has 20 heavy (non-hydrogen) atoms. The predicted molar refractivity (Wildman–Crippen MR) is 78.7 cm³/mol. The van der Waals surface area contributed by atoms with Gasteiger partial charge in [0.25, 0.3) is 5.91 Å². The number of nitrogens with zero attached hydrogens (tertiary/aromatic N) is 2. The minimum Gasteiger partial charge on any atom is -0.384 e. The quantitative estimate of drug-likeness (QED) is 0.838. The number of carbonyl (C=O) groups is 1. The first-order valence-electron chi connectivity index (χ1n) is 6.02. The fourth-order valence-corrected chi connectivity index (χ4v) is 3.02. The van der Waals surface area contributed by atoms with Crippen LogP contribution in [0.3, 0.4) is 0 Å². The predicted octanol–water partition coefficient (Wildman–Crippen LogP) is 1.44. The fraction of sp³-hybridized carbons (Fsp3) is 0.308. The zero-order valence-corrected chi connectivity index (χ0v) is 12.5. The normalized spacial score (nSPS) is 9.90. The molecule has 0 saturated carbocycles. The minimum absolute atomic E-state index is 0.145. The van der Waals surface area contributed by atoms with Crippen molar-refractivity contribution >= 4 is 28.8 Å². The van der Waals surface area contributed by atoms with Crippen LogP contribution in [0.25, 0.3) is 0 Å². The molecule has 2 aromatic heterocycles. The van der Waals surface area contributed by atoms with E-state index < -0.39 is 0 Å². The van der Waals surface area contributed by atoms with Crippen LogP contribution in [0.15, 0.2) is 12.1 Å². The van der Waals surface area contributed by atoms with Gasteiger partial charge >= 0.3 is 0 Å². The zero-order valence-electron chi connectivity index (χ0n) is 10.8. The Kier molecular flexibility index (Phi) is 5.24. The first kappa shape index (κ1) is 14.7. The lowest BCUT2D eigenvalue weighted by Gasteiger charge is -2.01. The number of carbonyl (C=O) groups excluding carboxylic acids is 1. The summed E-state index contributed by atoms with van der Waals surface area (Å²) in [6, 6.07) is 3.79. The van der Waals surface area contributed by atoms with E-state index in [0.29, 0.717) is 17.8 Å². The Balaban J connectivity index is 1.95. The summed E-state index contributed by atoms with van der Waals surface area (Å²) in [6.07, 6.45) is 0.694. The summed E-state index contributed by atoms with van der Waals surface area (Å²) >= 11 is 2.61. The number of hydrogen-bond acceptors (Lipinski definition) is 6. The second-order valence-corrected chi connectivity index (χ2v) is 5.73. The van der Waals surface area contributed by atoms with Gasteiger partial charge in [0.1, 0.15) is 11.5 Å². The van der Waals surface area contributed by atoms with Gasteiger partial charge in [-0.2, -0.15) is 0 Å². The highest BCUT2D eigenvalue weighted by Crippen LogP contribution is 2.16. The number of aliphatic hydroxyl groups is 1. The first-order chi connectivity index (χ1) is 9.74. The van der Waals surface area contributed by atoms with Gasteiger partial charge in [0.05, 0.1) is 17.1 Å². The highest BCUT2D eigenvalue weighted by Gasteiger charge is 2.14. The second kappa shape index (κ2) is 7.14. The summed E-state index contributed by atoms with van der Waals surface area (Å²) in [5, 5.41) is 15.4. The molecule has 0 aliphatic rings. The first-order valence-corrected chi connectivity index (χ1v) is 7.61. The van der Waals surface area contributed by atoms with Crippen molar-refractivity contribution < 1.29 is 9.90 Å². The van der Waals surface area contributed by atoms with Crippen LogP contribution >= 0.6 is 22.9 Å². The number of aromatic nitrogens is 2. The second-order valence-electron chi connectivity index (χ2n) is 3.81. The summed E-state index contributed by atoms with van der Waals surface area (Å²) in [4.78, 5) is 14.5.